The number of anilines is 1. The van der Waals surface area contributed by atoms with E-state index in [2.05, 4.69) is 54.2 Å². The van der Waals surface area contributed by atoms with Gasteiger partial charge in [0.2, 0.25) is 0 Å². The van der Waals surface area contributed by atoms with Crippen LogP contribution in [0.4, 0.5) is 5.82 Å². The van der Waals surface area contributed by atoms with Gasteiger partial charge in [0, 0.05) is 37.9 Å². The summed E-state index contributed by atoms with van der Waals surface area (Å²) in [5.74, 6) is 1.01. The molecule has 0 amide bonds. The molecular weight excluding hydrogens is 212 g/mol. The Hall–Kier alpha value is -1.13. The Kier molecular flexibility index (Phi) is 5.94. The Bertz CT molecular complexity index is 325. The number of nitrogens with zero attached hydrogens (tertiary/aromatic N) is 3. The number of nitrogens with one attached hydrogen (secondary N) is 1. The van der Waals surface area contributed by atoms with Gasteiger partial charge in [0.25, 0.3) is 0 Å². The van der Waals surface area contributed by atoms with Gasteiger partial charge in [-0.2, -0.15) is 0 Å². The zero-order chi connectivity index (χ0) is 12.7. The third-order valence-electron chi connectivity index (χ3n) is 2.60. The Morgan fingerprint density at radius 2 is 2.00 bits per heavy atom. The van der Waals surface area contributed by atoms with Crippen molar-refractivity contribution in [2.75, 3.05) is 46.1 Å². The van der Waals surface area contributed by atoms with Gasteiger partial charge >= 0.3 is 0 Å². The average molecular weight is 236 g/mol. The number of pyridine rings is 1. The predicted molar refractivity (Wildman–Crippen MR) is 73.3 cm³/mol. The molecule has 4 heteroatoms. The lowest BCUT2D eigenvalue weighted by molar-refractivity contribution is 0.276. The van der Waals surface area contributed by atoms with Gasteiger partial charge in [-0.1, -0.05) is 6.07 Å². The van der Waals surface area contributed by atoms with Gasteiger partial charge in [-0.15, -0.1) is 0 Å². The quantitative estimate of drug-likeness (QED) is 0.777. The Balaban J connectivity index is 2.54. The van der Waals surface area contributed by atoms with Gasteiger partial charge in [-0.25, -0.2) is 4.98 Å². The first-order valence-corrected chi connectivity index (χ1v) is 6.14. The summed E-state index contributed by atoms with van der Waals surface area (Å²) in [5, 5.41) is 3.30. The molecule has 0 aliphatic rings. The number of aromatic nitrogens is 1. The molecule has 0 atom stereocenters. The van der Waals surface area contributed by atoms with Crippen molar-refractivity contribution in [2.45, 2.75) is 13.5 Å². The maximum absolute atomic E-state index is 4.37. The van der Waals surface area contributed by atoms with Crippen LogP contribution < -0.4 is 5.32 Å². The van der Waals surface area contributed by atoms with Crippen molar-refractivity contribution in [1.82, 2.24) is 14.8 Å². The largest absolute Gasteiger partial charge is 0.370 e. The van der Waals surface area contributed by atoms with Crippen LogP contribution in [-0.2, 0) is 6.54 Å². The van der Waals surface area contributed by atoms with Crippen LogP contribution in [0.25, 0.3) is 0 Å². The van der Waals surface area contributed by atoms with Crippen LogP contribution in [-0.4, -0.2) is 55.6 Å². The molecule has 1 aromatic rings. The van der Waals surface area contributed by atoms with Gasteiger partial charge in [0.15, 0.2) is 0 Å². The van der Waals surface area contributed by atoms with Gasteiger partial charge in [0.05, 0.1) is 0 Å². The van der Waals surface area contributed by atoms with E-state index in [-0.39, 0.29) is 0 Å². The highest BCUT2D eigenvalue weighted by Gasteiger charge is 2.05. The molecule has 0 saturated carbocycles. The lowest BCUT2D eigenvalue weighted by atomic mass is 10.2. The Morgan fingerprint density at radius 3 is 2.65 bits per heavy atom. The highest BCUT2D eigenvalue weighted by atomic mass is 15.1. The fraction of sp³-hybridized carbons (Fsp3) is 0.615. The van der Waals surface area contributed by atoms with Crippen molar-refractivity contribution < 1.29 is 0 Å². The van der Waals surface area contributed by atoms with Crippen molar-refractivity contribution in [3.05, 3.63) is 23.9 Å². The Labute approximate surface area is 105 Å². The first-order chi connectivity index (χ1) is 8.13. The van der Waals surface area contributed by atoms with Crippen LogP contribution >= 0.6 is 0 Å². The summed E-state index contributed by atoms with van der Waals surface area (Å²) in [6.07, 6.45) is 1.83. The SMILES string of the molecule is CCNc1ncccc1CN(C)CCN(C)C. The lowest BCUT2D eigenvalue weighted by Gasteiger charge is -2.20. The first kappa shape index (κ1) is 13.9. The molecule has 0 saturated heterocycles. The molecule has 1 N–H and O–H groups in total. The maximum Gasteiger partial charge on any atom is 0.130 e. The molecule has 1 rings (SSSR count). The minimum absolute atomic E-state index is 0.908. The number of rotatable bonds is 7. The molecule has 0 bridgehead atoms. The molecule has 0 aromatic carbocycles. The topological polar surface area (TPSA) is 31.4 Å². The normalized spacial score (nSPS) is 11.2. The van der Waals surface area contributed by atoms with Crippen LogP contribution in [0, 0.1) is 0 Å². The van der Waals surface area contributed by atoms with E-state index in [0.717, 1.165) is 32.0 Å². The summed E-state index contributed by atoms with van der Waals surface area (Å²) < 4.78 is 0. The predicted octanol–water partition coefficient (Wildman–Crippen LogP) is 1.51. The van der Waals surface area contributed by atoms with Crippen LogP contribution in [0.1, 0.15) is 12.5 Å². The van der Waals surface area contributed by atoms with Crippen molar-refractivity contribution in [2.24, 2.45) is 0 Å². The van der Waals surface area contributed by atoms with E-state index in [4.69, 9.17) is 0 Å². The van der Waals surface area contributed by atoms with Crippen LogP contribution in [0.15, 0.2) is 18.3 Å². The minimum Gasteiger partial charge on any atom is -0.370 e. The van der Waals surface area contributed by atoms with Gasteiger partial charge in [-0.3, -0.25) is 0 Å². The number of hydrogen-bond donors (Lipinski definition) is 1. The maximum atomic E-state index is 4.37. The summed E-state index contributed by atoms with van der Waals surface area (Å²) in [7, 11) is 6.34. The third-order valence-corrected chi connectivity index (χ3v) is 2.60. The second kappa shape index (κ2) is 7.25. The van der Waals surface area contributed by atoms with Crippen LogP contribution in [0.3, 0.4) is 0 Å². The molecule has 1 aromatic heterocycles. The van der Waals surface area contributed by atoms with Crippen molar-refractivity contribution in [3.8, 4) is 0 Å². The van der Waals surface area contributed by atoms with Crippen molar-refractivity contribution in [3.63, 3.8) is 0 Å². The van der Waals surface area contributed by atoms with E-state index in [0.29, 0.717) is 0 Å². The van der Waals surface area contributed by atoms with Crippen molar-refractivity contribution >= 4 is 5.82 Å². The lowest BCUT2D eigenvalue weighted by Crippen LogP contribution is -2.28. The summed E-state index contributed by atoms with van der Waals surface area (Å²) in [5.41, 5.74) is 1.26. The summed E-state index contributed by atoms with van der Waals surface area (Å²) >= 11 is 0. The molecule has 0 spiro atoms. The van der Waals surface area contributed by atoms with E-state index < -0.39 is 0 Å². The first-order valence-electron chi connectivity index (χ1n) is 6.14. The zero-order valence-corrected chi connectivity index (χ0v) is 11.4. The van der Waals surface area contributed by atoms with E-state index in [9.17, 15) is 0 Å². The van der Waals surface area contributed by atoms with Gasteiger partial charge < -0.3 is 15.1 Å². The highest BCUT2D eigenvalue weighted by Crippen LogP contribution is 2.12. The molecule has 96 valence electrons. The minimum atomic E-state index is 0.908. The molecule has 0 aliphatic heterocycles. The molecular formula is C13H24N4. The fourth-order valence-corrected chi connectivity index (χ4v) is 1.63. The molecule has 0 aliphatic carbocycles. The second-order valence-corrected chi connectivity index (χ2v) is 4.58. The third kappa shape index (κ3) is 5.15. The van der Waals surface area contributed by atoms with Crippen LogP contribution in [0.5, 0.6) is 0 Å². The molecule has 4 nitrogen and oxygen atoms in total. The summed E-state index contributed by atoms with van der Waals surface area (Å²) in [6.45, 7) is 6.07. The number of hydrogen-bond acceptors (Lipinski definition) is 4. The summed E-state index contributed by atoms with van der Waals surface area (Å²) in [6, 6.07) is 4.13. The second-order valence-electron chi connectivity index (χ2n) is 4.58. The highest BCUT2D eigenvalue weighted by molar-refractivity contribution is 5.43. The standard InChI is InChI=1S/C13H24N4/c1-5-14-13-12(7-6-8-15-13)11-17(4)10-9-16(2)3/h6-8H,5,9-11H2,1-4H3,(H,14,15). The molecule has 0 unspecified atom stereocenters. The average Bonchev–Trinajstić information content (AvgIpc) is 2.29. The smallest absolute Gasteiger partial charge is 0.130 e. The van der Waals surface area contributed by atoms with Crippen LogP contribution in [0.2, 0.25) is 0 Å². The van der Waals surface area contributed by atoms with Crippen molar-refractivity contribution in [1.29, 1.82) is 0 Å². The van der Waals surface area contributed by atoms with E-state index >= 15 is 0 Å². The van der Waals surface area contributed by atoms with Gasteiger partial charge in [-0.05, 0) is 34.1 Å². The molecule has 17 heavy (non-hydrogen) atoms. The van der Waals surface area contributed by atoms with E-state index in [1.807, 2.05) is 12.3 Å². The monoisotopic (exact) mass is 236 g/mol. The van der Waals surface area contributed by atoms with E-state index in [1.54, 1.807) is 0 Å². The molecule has 0 radical (unpaired) electrons. The molecule has 1 heterocycles. The zero-order valence-electron chi connectivity index (χ0n) is 11.4. The number of likely N-dealkylation sites (N-methyl/N-ethyl adjacent to an activating group) is 2. The summed E-state index contributed by atoms with van der Waals surface area (Å²) in [4.78, 5) is 8.89. The Morgan fingerprint density at radius 1 is 1.24 bits per heavy atom. The van der Waals surface area contributed by atoms with Gasteiger partial charge in [0.1, 0.15) is 5.82 Å². The van der Waals surface area contributed by atoms with E-state index in [1.165, 1.54) is 5.56 Å². The fourth-order valence-electron chi connectivity index (χ4n) is 1.63. The molecule has 0 fully saturated rings.